The Bertz CT molecular complexity index is 796. The molecule has 0 radical (unpaired) electrons. The van der Waals surface area contributed by atoms with Crippen molar-refractivity contribution in [2.75, 3.05) is 19.6 Å². The first-order valence-electron chi connectivity index (χ1n) is 8.58. The Labute approximate surface area is 159 Å². The first-order valence-corrected chi connectivity index (χ1v) is 8.58. The second-order valence-corrected chi connectivity index (χ2v) is 6.24. The highest BCUT2D eigenvalue weighted by atomic mass is 35.5. The van der Waals surface area contributed by atoms with E-state index in [4.69, 9.17) is 4.52 Å². The molecule has 3 aromatic rings. The van der Waals surface area contributed by atoms with Gasteiger partial charge in [0.2, 0.25) is 5.89 Å². The maximum atomic E-state index is 5.44. The van der Waals surface area contributed by atoms with E-state index in [9.17, 15) is 0 Å². The van der Waals surface area contributed by atoms with E-state index >= 15 is 0 Å². The molecule has 26 heavy (non-hydrogen) atoms. The SMILES string of the molecule is Cl.c1ccc(Cc2nc(CN3CCNCC3c3cccnc3)no2)cc1. The van der Waals surface area contributed by atoms with Gasteiger partial charge in [0.05, 0.1) is 13.0 Å². The van der Waals surface area contributed by atoms with E-state index in [0.29, 0.717) is 18.9 Å². The predicted molar refractivity (Wildman–Crippen MR) is 101 cm³/mol. The molecule has 1 fully saturated rings. The van der Waals surface area contributed by atoms with Crippen molar-refractivity contribution in [2.24, 2.45) is 0 Å². The maximum absolute atomic E-state index is 5.44. The van der Waals surface area contributed by atoms with Gasteiger partial charge in [-0.1, -0.05) is 41.6 Å². The molecule has 136 valence electrons. The van der Waals surface area contributed by atoms with Gasteiger partial charge in [0.25, 0.3) is 0 Å². The van der Waals surface area contributed by atoms with E-state index in [1.54, 1.807) is 6.20 Å². The quantitative estimate of drug-likeness (QED) is 0.743. The molecule has 7 heteroatoms. The number of piperazine rings is 1. The van der Waals surface area contributed by atoms with Crippen LogP contribution in [-0.2, 0) is 13.0 Å². The van der Waals surface area contributed by atoms with Crippen LogP contribution in [0.15, 0.2) is 59.4 Å². The summed E-state index contributed by atoms with van der Waals surface area (Å²) >= 11 is 0. The van der Waals surface area contributed by atoms with Crippen LogP contribution in [0.4, 0.5) is 0 Å². The molecule has 0 saturated carbocycles. The molecular weight excluding hydrogens is 350 g/mol. The molecule has 3 heterocycles. The lowest BCUT2D eigenvalue weighted by Gasteiger charge is -2.35. The van der Waals surface area contributed by atoms with E-state index in [1.807, 2.05) is 30.5 Å². The molecule has 0 aliphatic carbocycles. The summed E-state index contributed by atoms with van der Waals surface area (Å²) in [4.78, 5) is 11.2. The Morgan fingerprint density at radius 1 is 1.15 bits per heavy atom. The number of hydrogen-bond donors (Lipinski definition) is 1. The molecule has 1 saturated heterocycles. The molecule has 1 unspecified atom stereocenters. The van der Waals surface area contributed by atoms with Crippen LogP contribution in [0.1, 0.15) is 28.9 Å². The molecule has 0 spiro atoms. The number of aromatic nitrogens is 3. The highest BCUT2D eigenvalue weighted by Gasteiger charge is 2.25. The fraction of sp³-hybridized carbons (Fsp3) is 0.316. The monoisotopic (exact) mass is 371 g/mol. The summed E-state index contributed by atoms with van der Waals surface area (Å²) in [7, 11) is 0. The molecular formula is C19H22ClN5O. The van der Waals surface area contributed by atoms with Gasteiger partial charge < -0.3 is 9.84 Å². The van der Waals surface area contributed by atoms with E-state index in [-0.39, 0.29) is 18.4 Å². The zero-order valence-corrected chi connectivity index (χ0v) is 15.2. The number of halogens is 1. The number of nitrogens with one attached hydrogen (secondary N) is 1. The van der Waals surface area contributed by atoms with Crippen LogP contribution in [0.25, 0.3) is 0 Å². The predicted octanol–water partition coefficient (Wildman–Crippen LogP) is 2.62. The molecule has 6 nitrogen and oxygen atoms in total. The van der Waals surface area contributed by atoms with Crippen LogP contribution in [0.2, 0.25) is 0 Å². The average molecular weight is 372 g/mol. The van der Waals surface area contributed by atoms with Gasteiger partial charge in [0.15, 0.2) is 5.82 Å². The van der Waals surface area contributed by atoms with Crippen molar-refractivity contribution in [3.8, 4) is 0 Å². The average Bonchev–Trinajstić information content (AvgIpc) is 3.10. The van der Waals surface area contributed by atoms with Gasteiger partial charge in [-0.15, -0.1) is 12.4 Å². The molecule has 0 amide bonds. The molecule has 0 bridgehead atoms. The lowest BCUT2D eigenvalue weighted by molar-refractivity contribution is 0.148. The zero-order chi connectivity index (χ0) is 16.9. The number of rotatable bonds is 5. The summed E-state index contributed by atoms with van der Waals surface area (Å²) in [5, 5.41) is 7.62. The van der Waals surface area contributed by atoms with Gasteiger partial charge in [-0.25, -0.2) is 0 Å². The Hall–Kier alpha value is -2.28. The molecule has 1 aliphatic rings. The van der Waals surface area contributed by atoms with E-state index in [0.717, 1.165) is 25.5 Å². The third kappa shape index (κ3) is 4.46. The van der Waals surface area contributed by atoms with Gasteiger partial charge in [-0.3, -0.25) is 9.88 Å². The highest BCUT2D eigenvalue weighted by Crippen LogP contribution is 2.23. The first-order chi connectivity index (χ1) is 12.4. The number of hydrogen-bond acceptors (Lipinski definition) is 6. The van der Waals surface area contributed by atoms with Crippen molar-refractivity contribution < 1.29 is 4.52 Å². The summed E-state index contributed by atoms with van der Waals surface area (Å²) in [5.74, 6) is 1.40. The summed E-state index contributed by atoms with van der Waals surface area (Å²) in [5.41, 5.74) is 2.39. The van der Waals surface area contributed by atoms with Crippen molar-refractivity contribution in [1.29, 1.82) is 0 Å². The normalized spacial score (nSPS) is 17.6. The van der Waals surface area contributed by atoms with Gasteiger partial charge >= 0.3 is 0 Å². The van der Waals surface area contributed by atoms with Crippen LogP contribution in [0.5, 0.6) is 0 Å². The Kier molecular flexibility index (Phi) is 6.33. The van der Waals surface area contributed by atoms with E-state index in [1.165, 1.54) is 11.1 Å². The van der Waals surface area contributed by atoms with Crippen molar-refractivity contribution in [3.05, 3.63) is 77.7 Å². The van der Waals surface area contributed by atoms with Gasteiger partial charge in [0, 0.05) is 38.1 Å². The second-order valence-electron chi connectivity index (χ2n) is 6.24. The lowest BCUT2D eigenvalue weighted by atomic mass is 10.1. The molecule has 1 atom stereocenters. The standard InChI is InChI=1S/C19H21N5O.ClH/c1-2-5-15(6-3-1)11-19-22-18(23-25-19)14-24-10-9-21-13-17(24)16-7-4-8-20-12-16;/h1-8,12,17,21H,9-11,13-14H2;1H. The van der Waals surface area contributed by atoms with Crippen LogP contribution >= 0.6 is 12.4 Å². The van der Waals surface area contributed by atoms with Crippen molar-refractivity contribution in [2.45, 2.75) is 19.0 Å². The minimum absolute atomic E-state index is 0. The number of pyridine rings is 1. The fourth-order valence-electron chi connectivity index (χ4n) is 3.22. The maximum Gasteiger partial charge on any atom is 0.231 e. The van der Waals surface area contributed by atoms with Crippen molar-refractivity contribution in [1.82, 2.24) is 25.3 Å². The third-order valence-electron chi connectivity index (χ3n) is 4.48. The Morgan fingerprint density at radius 3 is 2.85 bits per heavy atom. The summed E-state index contributed by atoms with van der Waals surface area (Å²) < 4.78 is 5.44. The minimum atomic E-state index is 0. The Balaban J connectivity index is 0.00000196. The zero-order valence-electron chi connectivity index (χ0n) is 14.4. The smallest absolute Gasteiger partial charge is 0.231 e. The molecule has 1 N–H and O–H groups in total. The largest absolute Gasteiger partial charge is 0.339 e. The van der Waals surface area contributed by atoms with Crippen molar-refractivity contribution in [3.63, 3.8) is 0 Å². The van der Waals surface area contributed by atoms with Crippen LogP contribution in [0, 0.1) is 0 Å². The molecule has 2 aromatic heterocycles. The summed E-state index contributed by atoms with van der Waals surface area (Å²) in [6.07, 6.45) is 4.41. The summed E-state index contributed by atoms with van der Waals surface area (Å²) in [6, 6.07) is 14.6. The van der Waals surface area contributed by atoms with Crippen LogP contribution in [-0.4, -0.2) is 39.7 Å². The van der Waals surface area contributed by atoms with Crippen molar-refractivity contribution >= 4 is 12.4 Å². The second kappa shape index (κ2) is 8.89. The van der Waals surface area contributed by atoms with Crippen LogP contribution < -0.4 is 5.32 Å². The fourth-order valence-corrected chi connectivity index (χ4v) is 3.22. The number of benzene rings is 1. The van der Waals surface area contributed by atoms with E-state index in [2.05, 4.69) is 43.5 Å². The molecule has 1 aliphatic heterocycles. The molecule has 4 rings (SSSR count). The minimum Gasteiger partial charge on any atom is -0.339 e. The van der Waals surface area contributed by atoms with E-state index < -0.39 is 0 Å². The first kappa shape index (κ1) is 18.5. The number of nitrogens with zero attached hydrogens (tertiary/aromatic N) is 4. The van der Waals surface area contributed by atoms with Crippen LogP contribution in [0.3, 0.4) is 0 Å². The Morgan fingerprint density at radius 2 is 2.04 bits per heavy atom. The third-order valence-corrected chi connectivity index (χ3v) is 4.48. The van der Waals surface area contributed by atoms with Gasteiger partial charge in [-0.05, 0) is 17.2 Å². The lowest BCUT2D eigenvalue weighted by Crippen LogP contribution is -2.45. The highest BCUT2D eigenvalue weighted by molar-refractivity contribution is 5.85. The topological polar surface area (TPSA) is 67.1 Å². The van der Waals surface area contributed by atoms with Gasteiger partial charge in [-0.2, -0.15) is 4.98 Å². The summed E-state index contributed by atoms with van der Waals surface area (Å²) in [6.45, 7) is 3.49. The van der Waals surface area contributed by atoms with Gasteiger partial charge in [0.1, 0.15) is 0 Å². The molecule has 1 aromatic carbocycles.